The van der Waals surface area contributed by atoms with Crippen LogP contribution in [-0.2, 0) is 19.1 Å². The molecule has 3 saturated carbocycles. The third-order valence-electron chi connectivity index (χ3n) is 9.64. The second kappa shape index (κ2) is 5.00. The highest BCUT2D eigenvalue weighted by atomic mass is 127. The Balaban J connectivity index is 1.45. The Kier molecular flexibility index (Phi) is 3.23. The fraction of sp³-hybridized carbons (Fsp3) is 0.818. The van der Waals surface area contributed by atoms with Gasteiger partial charge in [0.05, 0.1) is 6.10 Å². The SMILES string of the molecule is C[C@]12CCC(=O)C=C1C[C@@H](I)C1C3CC[C@@]4(CCC(=O)O4)[C@@]3(C)C[C@H]3O[C@@]132. The quantitative estimate of drug-likeness (QED) is 0.226. The van der Waals surface area contributed by atoms with Gasteiger partial charge in [0.25, 0.3) is 0 Å². The van der Waals surface area contributed by atoms with E-state index in [1.54, 1.807) is 0 Å². The van der Waals surface area contributed by atoms with Crippen molar-refractivity contribution in [2.45, 2.75) is 86.4 Å². The minimum absolute atomic E-state index is 0.00134. The van der Waals surface area contributed by atoms with Gasteiger partial charge in [-0.1, -0.05) is 42.0 Å². The molecule has 146 valence electrons. The maximum atomic E-state index is 12.1. The summed E-state index contributed by atoms with van der Waals surface area (Å²) < 4.78 is 13.2. The topological polar surface area (TPSA) is 55.9 Å². The molecular weight excluding hydrogens is 455 g/mol. The van der Waals surface area contributed by atoms with E-state index in [-0.39, 0.29) is 39.9 Å². The lowest BCUT2D eigenvalue weighted by molar-refractivity contribution is -0.164. The van der Waals surface area contributed by atoms with E-state index in [1.807, 2.05) is 6.08 Å². The summed E-state index contributed by atoms with van der Waals surface area (Å²) in [6.45, 7) is 4.75. The van der Waals surface area contributed by atoms with Gasteiger partial charge in [-0.3, -0.25) is 9.59 Å². The van der Waals surface area contributed by atoms with Crippen LogP contribution >= 0.6 is 22.6 Å². The number of carbonyl (C=O) groups is 2. The van der Waals surface area contributed by atoms with Crippen LogP contribution in [0.25, 0.3) is 0 Å². The van der Waals surface area contributed by atoms with Gasteiger partial charge in [0.2, 0.25) is 0 Å². The molecule has 6 aliphatic rings. The first kappa shape index (κ1) is 17.4. The van der Waals surface area contributed by atoms with Crippen LogP contribution in [0, 0.1) is 22.7 Å². The predicted octanol–water partition coefficient (Wildman–Crippen LogP) is 4.14. The van der Waals surface area contributed by atoms with Gasteiger partial charge >= 0.3 is 5.97 Å². The van der Waals surface area contributed by atoms with Gasteiger partial charge < -0.3 is 9.47 Å². The number of carbonyl (C=O) groups excluding carboxylic acids is 2. The Morgan fingerprint density at radius 2 is 1.96 bits per heavy atom. The lowest BCUT2D eigenvalue weighted by Gasteiger charge is -2.58. The second-order valence-electron chi connectivity index (χ2n) is 10.3. The van der Waals surface area contributed by atoms with Crippen LogP contribution < -0.4 is 0 Å². The summed E-state index contributed by atoms with van der Waals surface area (Å²) in [6.07, 6.45) is 9.39. The normalized spacial score (nSPS) is 58.1. The summed E-state index contributed by atoms with van der Waals surface area (Å²) in [5.41, 5.74) is 1.01. The largest absolute Gasteiger partial charge is 0.458 e. The van der Waals surface area contributed by atoms with Gasteiger partial charge in [-0.05, 0) is 50.5 Å². The Hall–Kier alpha value is -0.430. The van der Waals surface area contributed by atoms with E-state index in [0.29, 0.717) is 28.6 Å². The maximum Gasteiger partial charge on any atom is 0.306 e. The minimum atomic E-state index is -0.261. The highest BCUT2D eigenvalue weighted by molar-refractivity contribution is 14.1. The van der Waals surface area contributed by atoms with Crippen LogP contribution in [0.4, 0.5) is 0 Å². The van der Waals surface area contributed by atoms with E-state index in [2.05, 4.69) is 36.4 Å². The number of esters is 1. The van der Waals surface area contributed by atoms with E-state index in [4.69, 9.17) is 9.47 Å². The molecule has 6 rings (SSSR count). The van der Waals surface area contributed by atoms with Crippen molar-refractivity contribution >= 4 is 34.3 Å². The van der Waals surface area contributed by atoms with Crippen LogP contribution in [0.1, 0.15) is 65.2 Å². The summed E-state index contributed by atoms with van der Waals surface area (Å²) in [6, 6.07) is 0. The Morgan fingerprint density at radius 3 is 2.70 bits per heavy atom. The average Bonchev–Trinajstić information content (AvgIpc) is 3.09. The number of ketones is 1. The Labute approximate surface area is 173 Å². The van der Waals surface area contributed by atoms with E-state index in [9.17, 15) is 9.59 Å². The van der Waals surface area contributed by atoms with Crippen molar-refractivity contribution < 1.29 is 19.1 Å². The molecule has 0 radical (unpaired) electrons. The molecule has 27 heavy (non-hydrogen) atoms. The van der Waals surface area contributed by atoms with Gasteiger partial charge in [0.1, 0.15) is 11.2 Å². The zero-order valence-corrected chi connectivity index (χ0v) is 18.2. The van der Waals surface area contributed by atoms with Gasteiger partial charge in [-0.2, -0.15) is 0 Å². The summed E-state index contributed by atoms with van der Waals surface area (Å²) in [5, 5.41) is 0. The molecule has 2 unspecified atom stereocenters. The third-order valence-corrected chi connectivity index (χ3v) is 10.9. The number of ether oxygens (including phenoxy) is 2. The Bertz CT molecular complexity index is 806. The lowest BCUT2D eigenvalue weighted by atomic mass is 9.46. The summed E-state index contributed by atoms with van der Waals surface area (Å²) in [5.74, 6) is 1.32. The first-order valence-corrected chi connectivity index (χ1v) is 11.8. The van der Waals surface area contributed by atoms with Crippen molar-refractivity contribution in [2.24, 2.45) is 22.7 Å². The monoisotopic (exact) mass is 482 g/mol. The molecular formula is C22H27IO4. The van der Waals surface area contributed by atoms with Gasteiger partial charge in [0.15, 0.2) is 5.78 Å². The molecule has 4 aliphatic carbocycles. The number of halogens is 1. The fourth-order valence-corrected chi connectivity index (χ4v) is 9.73. The standard InChI is InChI=1S/C22H27IO4/c1-19-6-3-13(24)9-12(19)10-15(23)18-14-4-7-21(8-5-17(25)27-21)20(14,2)11-16-22(18,19)26-16/h9,14-16,18H,3-8,10-11H2,1-2H3/t14?,15-,16-,18?,19+,20+,21-,22-/m1/s1. The molecule has 0 amide bonds. The van der Waals surface area contributed by atoms with Crippen LogP contribution in [0.5, 0.6) is 0 Å². The molecule has 2 spiro atoms. The van der Waals surface area contributed by atoms with Crippen LogP contribution in [0.15, 0.2) is 11.6 Å². The molecule has 5 heteroatoms. The molecule has 0 bridgehead atoms. The number of hydrogen-bond acceptors (Lipinski definition) is 4. The molecule has 5 fully saturated rings. The highest BCUT2D eigenvalue weighted by Gasteiger charge is 2.82. The summed E-state index contributed by atoms with van der Waals surface area (Å²) >= 11 is 2.63. The van der Waals surface area contributed by atoms with Crippen molar-refractivity contribution in [3.63, 3.8) is 0 Å². The molecule has 0 aromatic heterocycles. The van der Waals surface area contributed by atoms with Gasteiger partial charge in [0, 0.05) is 33.5 Å². The number of fused-ring (bicyclic) bond motifs is 4. The molecule has 8 atom stereocenters. The Morgan fingerprint density at radius 1 is 1.15 bits per heavy atom. The van der Waals surface area contributed by atoms with E-state index in [1.165, 1.54) is 5.57 Å². The van der Waals surface area contributed by atoms with Crippen LogP contribution in [-0.4, -0.2) is 33.0 Å². The van der Waals surface area contributed by atoms with Crippen LogP contribution in [0.3, 0.4) is 0 Å². The van der Waals surface area contributed by atoms with Crippen LogP contribution in [0.2, 0.25) is 0 Å². The minimum Gasteiger partial charge on any atom is -0.458 e. The molecule has 2 aliphatic heterocycles. The summed E-state index contributed by atoms with van der Waals surface area (Å²) in [7, 11) is 0. The molecule has 0 aromatic carbocycles. The molecule has 2 heterocycles. The summed E-state index contributed by atoms with van der Waals surface area (Å²) in [4.78, 5) is 24.1. The smallest absolute Gasteiger partial charge is 0.306 e. The zero-order valence-electron chi connectivity index (χ0n) is 16.1. The number of hydrogen-bond donors (Lipinski definition) is 0. The zero-order chi connectivity index (χ0) is 18.8. The first-order valence-electron chi connectivity index (χ1n) is 10.5. The average molecular weight is 482 g/mol. The van der Waals surface area contributed by atoms with E-state index < -0.39 is 0 Å². The van der Waals surface area contributed by atoms with Crippen molar-refractivity contribution in [3.8, 4) is 0 Å². The molecule has 2 saturated heterocycles. The van der Waals surface area contributed by atoms with E-state index >= 15 is 0 Å². The predicted molar refractivity (Wildman–Crippen MR) is 107 cm³/mol. The number of epoxide rings is 1. The highest BCUT2D eigenvalue weighted by Crippen LogP contribution is 2.78. The second-order valence-corrected chi connectivity index (χ2v) is 11.9. The van der Waals surface area contributed by atoms with Gasteiger partial charge in [-0.15, -0.1) is 0 Å². The molecule has 0 aromatic rings. The number of rotatable bonds is 0. The third kappa shape index (κ3) is 1.81. The van der Waals surface area contributed by atoms with Gasteiger partial charge in [-0.25, -0.2) is 0 Å². The van der Waals surface area contributed by atoms with Crippen molar-refractivity contribution in [2.75, 3.05) is 0 Å². The molecule has 0 N–H and O–H groups in total. The maximum absolute atomic E-state index is 12.1. The lowest BCUT2D eigenvalue weighted by Crippen LogP contribution is -2.62. The van der Waals surface area contributed by atoms with Crippen molar-refractivity contribution in [1.82, 2.24) is 0 Å². The fourth-order valence-electron chi connectivity index (χ4n) is 8.22. The van der Waals surface area contributed by atoms with Crippen molar-refractivity contribution in [3.05, 3.63) is 11.6 Å². The first-order chi connectivity index (χ1) is 12.8. The van der Waals surface area contributed by atoms with E-state index in [0.717, 1.165) is 38.5 Å². The molecule has 4 nitrogen and oxygen atoms in total. The van der Waals surface area contributed by atoms with Crippen molar-refractivity contribution in [1.29, 1.82) is 0 Å². The number of alkyl halides is 1.